The van der Waals surface area contributed by atoms with E-state index in [4.69, 9.17) is 25.8 Å². The molecular weight excluding hydrogens is 360 g/mol. The smallest absolute Gasteiger partial charge is 0.277 e. The third-order valence-electron chi connectivity index (χ3n) is 3.40. The van der Waals surface area contributed by atoms with Crippen LogP contribution in [0.5, 0.6) is 23.0 Å². The molecule has 0 atom stereocenters. The van der Waals surface area contributed by atoms with Crippen LogP contribution in [0.25, 0.3) is 0 Å². The number of aryl methyl sites for hydroxylation is 1. The summed E-state index contributed by atoms with van der Waals surface area (Å²) in [5.74, 6) is 0.509. The molecule has 138 valence electrons. The zero-order valence-electron chi connectivity index (χ0n) is 14.6. The number of ether oxygens (including phenoxy) is 3. The molecule has 2 aromatic rings. The van der Waals surface area contributed by atoms with Gasteiger partial charge < -0.3 is 19.3 Å². The fourth-order valence-corrected chi connectivity index (χ4v) is 2.34. The third-order valence-corrected chi connectivity index (χ3v) is 3.64. The molecule has 0 unspecified atom stereocenters. The van der Waals surface area contributed by atoms with Crippen molar-refractivity contribution in [3.63, 3.8) is 0 Å². The van der Waals surface area contributed by atoms with Gasteiger partial charge in [0.15, 0.2) is 18.1 Å². The molecule has 0 saturated heterocycles. The molecule has 0 aliphatic rings. The zero-order valence-corrected chi connectivity index (χ0v) is 15.3. The van der Waals surface area contributed by atoms with E-state index in [1.54, 1.807) is 30.3 Å². The van der Waals surface area contributed by atoms with Gasteiger partial charge in [-0.3, -0.25) is 4.79 Å². The normalized spacial score (nSPS) is 10.6. The number of benzene rings is 2. The maximum atomic E-state index is 11.8. The number of nitrogens with one attached hydrogen (secondary N) is 1. The van der Waals surface area contributed by atoms with Crippen LogP contribution in [-0.4, -0.2) is 38.1 Å². The standard InChI is InChI=1S/C18H19ClN2O5/c1-11-6-13(19)4-5-14(11)26-10-17(22)21-20-9-12-7-15(24-2)18(23)16(8-12)25-3/h4-9,23H,10H2,1-3H3,(H,21,22)/b20-9+. The first-order valence-electron chi connectivity index (χ1n) is 7.60. The molecule has 0 heterocycles. The van der Waals surface area contributed by atoms with E-state index in [9.17, 15) is 9.90 Å². The summed E-state index contributed by atoms with van der Waals surface area (Å²) < 4.78 is 15.5. The average Bonchev–Trinajstić information content (AvgIpc) is 2.62. The van der Waals surface area contributed by atoms with Crippen molar-refractivity contribution < 1.29 is 24.1 Å². The Morgan fingerprint density at radius 2 is 1.85 bits per heavy atom. The molecule has 0 aliphatic heterocycles. The first kappa shape index (κ1) is 19.4. The van der Waals surface area contributed by atoms with E-state index in [1.165, 1.54) is 20.4 Å². The Morgan fingerprint density at radius 3 is 2.42 bits per heavy atom. The number of aromatic hydroxyl groups is 1. The van der Waals surface area contributed by atoms with Crippen molar-refractivity contribution in [3.05, 3.63) is 46.5 Å². The fraction of sp³-hybridized carbons (Fsp3) is 0.222. The SMILES string of the molecule is COc1cc(/C=N/NC(=O)COc2ccc(Cl)cc2C)cc(OC)c1O. The number of phenols is 1. The maximum Gasteiger partial charge on any atom is 0.277 e. The fourth-order valence-electron chi connectivity index (χ4n) is 2.12. The van der Waals surface area contributed by atoms with E-state index in [-0.39, 0.29) is 23.9 Å². The highest BCUT2D eigenvalue weighted by atomic mass is 35.5. The number of hydrazone groups is 1. The lowest BCUT2D eigenvalue weighted by molar-refractivity contribution is -0.123. The number of carbonyl (C=O) groups excluding carboxylic acids is 1. The van der Waals surface area contributed by atoms with Gasteiger partial charge >= 0.3 is 0 Å². The Hall–Kier alpha value is -2.93. The summed E-state index contributed by atoms with van der Waals surface area (Å²) in [6, 6.07) is 8.25. The van der Waals surface area contributed by atoms with Crippen molar-refractivity contribution in [1.82, 2.24) is 5.43 Å². The molecule has 0 fully saturated rings. The molecule has 8 heteroatoms. The molecule has 0 spiro atoms. The highest BCUT2D eigenvalue weighted by Gasteiger charge is 2.10. The van der Waals surface area contributed by atoms with Gasteiger partial charge in [-0.25, -0.2) is 5.43 Å². The first-order valence-corrected chi connectivity index (χ1v) is 7.98. The van der Waals surface area contributed by atoms with Crippen LogP contribution >= 0.6 is 11.6 Å². The van der Waals surface area contributed by atoms with Crippen LogP contribution in [-0.2, 0) is 4.79 Å². The van der Waals surface area contributed by atoms with Crippen molar-refractivity contribution in [2.45, 2.75) is 6.92 Å². The highest BCUT2D eigenvalue weighted by molar-refractivity contribution is 6.30. The molecule has 0 saturated carbocycles. The molecule has 2 aromatic carbocycles. The minimum Gasteiger partial charge on any atom is -0.502 e. The van der Waals surface area contributed by atoms with Gasteiger partial charge in [0.25, 0.3) is 5.91 Å². The van der Waals surface area contributed by atoms with Gasteiger partial charge in [0, 0.05) is 10.6 Å². The van der Waals surface area contributed by atoms with Crippen molar-refractivity contribution in [3.8, 4) is 23.0 Å². The van der Waals surface area contributed by atoms with Crippen LogP contribution in [0.4, 0.5) is 0 Å². The number of hydrogen-bond donors (Lipinski definition) is 2. The van der Waals surface area contributed by atoms with Gasteiger partial charge in [-0.2, -0.15) is 5.10 Å². The number of rotatable bonds is 7. The van der Waals surface area contributed by atoms with Gasteiger partial charge in [0.1, 0.15) is 5.75 Å². The highest BCUT2D eigenvalue weighted by Crippen LogP contribution is 2.36. The molecule has 1 amide bonds. The second-order valence-electron chi connectivity index (χ2n) is 5.27. The van der Waals surface area contributed by atoms with Crippen LogP contribution < -0.4 is 19.6 Å². The largest absolute Gasteiger partial charge is 0.502 e. The number of methoxy groups -OCH3 is 2. The summed E-state index contributed by atoms with van der Waals surface area (Å²) in [5, 5.41) is 14.3. The summed E-state index contributed by atoms with van der Waals surface area (Å²) in [4.78, 5) is 11.8. The van der Waals surface area contributed by atoms with Gasteiger partial charge in [-0.15, -0.1) is 0 Å². The summed E-state index contributed by atoms with van der Waals surface area (Å²) in [6.07, 6.45) is 1.40. The Kier molecular flexibility index (Phi) is 6.68. The lowest BCUT2D eigenvalue weighted by Crippen LogP contribution is -2.24. The second kappa shape index (κ2) is 8.96. The monoisotopic (exact) mass is 378 g/mol. The molecular formula is C18H19ClN2O5. The first-order chi connectivity index (χ1) is 12.4. The van der Waals surface area contributed by atoms with Crippen LogP contribution in [0, 0.1) is 6.92 Å². The van der Waals surface area contributed by atoms with Crippen LogP contribution in [0.2, 0.25) is 5.02 Å². The molecule has 0 radical (unpaired) electrons. The minimum atomic E-state index is -0.423. The van der Waals surface area contributed by atoms with Crippen molar-refractivity contribution in [2.24, 2.45) is 5.10 Å². The van der Waals surface area contributed by atoms with Crippen LogP contribution in [0.1, 0.15) is 11.1 Å². The number of halogens is 1. The second-order valence-corrected chi connectivity index (χ2v) is 5.70. The van der Waals surface area contributed by atoms with Gasteiger partial charge in [0.05, 0.1) is 20.4 Å². The van der Waals surface area contributed by atoms with E-state index >= 15 is 0 Å². The average molecular weight is 379 g/mol. The number of phenolic OH excluding ortho intramolecular Hbond substituents is 1. The topological polar surface area (TPSA) is 89.4 Å². The lowest BCUT2D eigenvalue weighted by atomic mass is 10.2. The Balaban J connectivity index is 1.94. The molecule has 7 nitrogen and oxygen atoms in total. The van der Waals surface area contributed by atoms with Crippen LogP contribution in [0.15, 0.2) is 35.4 Å². The third kappa shape index (κ3) is 5.03. The number of nitrogens with zero attached hydrogens (tertiary/aromatic N) is 1. The molecule has 0 aliphatic carbocycles. The van der Waals surface area contributed by atoms with Gasteiger partial charge in [-0.05, 0) is 42.8 Å². The Labute approximate surface area is 156 Å². The molecule has 2 rings (SSSR count). The minimum absolute atomic E-state index is 0.108. The van der Waals surface area contributed by atoms with Gasteiger partial charge in [0.2, 0.25) is 5.75 Å². The summed E-state index contributed by atoms with van der Waals surface area (Å²) in [6.45, 7) is 1.64. The molecule has 26 heavy (non-hydrogen) atoms. The van der Waals surface area contributed by atoms with Crippen molar-refractivity contribution in [1.29, 1.82) is 0 Å². The number of amides is 1. The molecule has 2 N–H and O–H groups in total. The summed E-state index contributed by atoms with van der Waals surface area (Å²) >= 11 is 5.87. The molecule has 0 aromatic heterocycles. The quantitative estimate of drug-likeness (QED) is 0.571. The van der Waals surface area contributed by atoms with Crippen molar-refractivity contribution in [2.75, 3.05) is 20.8 Å². The predicted octanol–water partition coefficient (Wildman–Crippen LogP) is 2.90. The Morgan fingerprint density at radius 1 is 1.19 bits per heavy atom. The molecule has 0 bridgehead atoms. The van der Waals surface area contributed by atoms with Crippen molar-refractivity contribution >= 4 is 23.7 Å². The van der Waals surface area contributed by atoms with Crippen LogP contribution in [0.3, 0.4) is 0 Å². The lowest BCUT2D eigenvalue weighted by Gasteiger charge is -2.09. The van der Waals surface area contributed by atoms with E-state index in [1.807, 2.05) is 6.92 Å². The predicted molar refractivity (Wildman–Crippen MR) is 98.6 cm³/mol. The summed E-state index contributed by atoms with van der Waals surface area (Å²) in [5.41, 5.74) is 3.76. The zero-order chi connectivity index (χ0) is 19.1. The number of hydrogen-bond acceptors (Lipinski definition) is 6. The van der Waals surface area contributed by atoms with E-state index in [0.29, 0.717) is 16.3 Å². The van der Waals surface area contributed by atoms with Gasteiger partial charge in [-0.1, -0.05) is 11.6 Å². The summed E-state index contributed by atoms with van der Waals surface area (Å²) in [7, 11) is 2.85. The maximum absolute atomic E-state index is 11.8. The van der Waals surface area contributed by atoms with E-state index in [2.05, 4.69) is 10.5 Å². The Bertz CT molecular complexity index is 798. The van der Waals surface area contributed by atoms with E-state index < -0.39 is 5.91 Å². The number of carbonyl (C=O) groups is 1. The van der Waals surface area contributed by atoms with E-state index in [0.717, 1.165) is 5.56 Å².